The fourth-order valence-corrected chi connectivity index (χ4v) is 4.22. The lowest BCUT2D eigenvalue weighted by atomic mass is 9.93. The van der Waals surface area contributed by atoms with Crippen LogP contribution in [-0.4, -0.2) is 24.5 Å². The van der Waals surface area contributed by atoms with Gasteiger partial charge in [0.2, 0.25) is 0 Å². The van der Waals surface area contributed by atoms with E-state index < -0.39 is 0 Å². The number of nitrogens with zero attached hydrogens (tertiary/aromatic N) is 1. The quantitative estimate of drug-likeness (QED) is 0.468. The Labute approximate surface area is 190 Å². The highest BCUT2D eigenvalue weighted by Crippen LogP contribution is 2.38. The number of aromatic hydroxyl groups is 1. The van der Waals surface area contributed by atoms with Crippen LogP contribution in [0.5, 0.6) is 17.2 Å². The maximum Gasteiger partial charge on any atom is 0.129 e. The molecule has 1 heterocycles. The minimum absolute atomic E-state index is 0.129. The molecule has 6 heteroatoms. The Morgan fingerprint density at radius 1 is 1.06 bits per heavy atom. The zero-order chi connectivity index (χ0) is 21.8. The number of aliphatic imine (C=N–C) groups is 1. The van der Waals surface area contributed by atoms with Crippen molar-refractivity contribution >= 4 is 21.6 Å². The smallest absolute Gasteiger partial charge is 0.129 e. The number of ether oxygens (including phenoxy) is 2. The van der Waals surface area contributed by atoms with Gasteiger partial charge in [-0.25, -0.2) is 0 Å². The molecule has 0 spiro atoms. The lowest BCUT2D eigenvalue weighted by molar-refractivity contribution is 0.327. The maximum absolute atomic E-state index is 10.6. The standard InChI is InChI=1S/C25H25BrN2O3/c1-3-31-24-10-5-4-9-19(24)25-27-21(16-7-6-8-18(13-16)30-2)15-22(28-25)20-14-17(26)11-12-23(20)29/h4-14,22,25,28-29H,3,15H2,1-2H3/t22-,25+/m0/s1. The van der Waals surface area contributed by atoms with Gasteiger partial charge in [-0.2, -0.15) is 0 Å². The van der Waals surface area contributed by atoms with E-state index in [-0.39, 0.29) is 18.0 Å². The van der Waals surface area contributed by atoms with Crippen molar-refractivity contribution in [2.75, 3.05) is 13.7 Å². The zero-order valence-electron chi connectivity index (χ0n) is 17.5. The van der Waals surface area contributed by atoms with E-state index in [1.165, 1.54) is 0 Å². The monoisotopic (exact) mass is 480 g/mol. The summed E-state index contributed by atoms with van der Waals surface area (Å²) in [6.07, 6.45) is 0.311. The van der Waals surface area contributed by atoms with Crippen LogP contribution in [0.25, 0.3) is 0 Å². The van der Waals surface area contributed by atoms with Crippen molar-refractivity contribution in [3.63, 3.8) is 0 Å². The Morgan fingerprint density at radius 2 is 1.90 bits per heavy atom. The third-order valence-corrected chi connectivity index (χ3v) is 5.82. The maximum atomic E-state index is 10.6. The van der Waals surface area contributed by atoms with Crippen molar-refractivity contribution in [2.45, 2.75) is 25.6 Å². The summed E-state index contributed by atoms with van der Waals surface area (Å²) in [4.78, 5) is 5.05. The molecule has 0 fully saturated rings. The highest BCUT2D eigenvalue weighted by Gasteiger charge is 2.29. The first kappa shape index (κ1) is 21.4. The van der Waals surface area contributed by atoms with Gasteiger partial charge in [0.05, 0.1) is 13.7 Å². The van der Waals surface area contributed by atoms with Crippen molar-refractivity contribution in [2.24, 2.45) is 4.99 Å². The van der Waals surface area contributed by atoms with Gasteiger partial charge >= 0.3 is 0 Å². The van der Waals surface area contributed by atoms with Crippen LogP contribution in [-0.2, 0) is 0 Å². The van der Waals surface area contributed by atoms with E-state index in [0.717, 1.165) is 38.4 Å². The average Bonchev–Trinajstić information content (AvgIpc) is 2.81. The van der Waals surface area contributed by atoms with E-state index >= 15 is 0 Å². The molecule has 2 atom stereocenters. The van der Waals surface area contributed by atoms with E-state index in [1.807, 2.05) is 67.6 Å². The summed E-state index contributed by atoms with van der Waals surface area (Å²) < 4.78 is 12.2. The predicted molar refractivity (Wildman–Crippen MR) is 126 cm³/mol. The molecule has 1 aliphatic heterocycles. The first-order valence-electron chi connectivity index (χ1n) is 10.3. The van der Waals surface area contributed by atoms with E-state index in [2.05, 4.69) is 21.2 Å². The van der Waals surface area contributed by atoms with E-state index in [1.54, 1.807) is 13.2 Å². The third kappa shape index (κ3) is 4.75. The molecule has 0 unspecified atom stereocenters. The molecule has 1 aliphatic rings. The van der Waals surface area contributed by atoms with E-state index in [9.17, 15) is 5.11 Å². The topological polar surface area (TPSA) is 63.1 Å². The Balaban J connectivity index is 1.80. The summed E-state index contributed by atoms with van der Waals surface area (Å²) in [6, 6.07) is 21.2. The third-order valence-electron chi connectivity index (χ3n) is 5.32. The highest BCUT2D eigenvalue weighted by atomic mass is 79.9. The molecule has 0 aromatic heterocycles. The van der Waals surface area contributed by atoms with E-state index in [0.29, 0.717) is 13.0 Å². The Morgan fingerprint density at radius 3 is 2.71 bits per heavy atom. The summed E-state index contributed by atoms with van der Waals surface area (Å²) in [6.45, 7) is 2.55. The number of nitrogens with one attached hydrogen (secondary N) is 1. The molecule has 3 aromatic carbocycles. The molecule has 3 aromatic rings. The molecule has 0 amide bonds. The Bertz CT molecular complexity index is 1100. The largest absolute Gasteiger partial charge is 0.508 e. The second-order valence-corrected chi connectivity index (χ2v) is 8.22. The van der Waals surface area contributed by atoms with Crippen LogP contribution >= 0.6 is 15.9 Å². The van der Waals surface area contributed by atoms with Gasteiger partial charge in [0.25, 0.3) is 0 Å². The number of phenols is 1. The first-order chi connectivity index (χ1) is 15.1. The van der Waals surface area contributed by atoms with Gasteiger partial charge in [0.1, 0.15) is 23.4 Å². The first-order valence-corrected chi connectivity index (χ1v) is 11.1. The molecular formula is C25H25BrN2O3. The van der Waals surface area contributed by atoms with Gasteiger partial charge < -0.3 is 14.6 Å². The van der Waals surface area contributed by atoms with Gasteiger partial charge in [-0.1, -0.05) is 46.3 Å². The number of benzene rings is 3. The summed E-state index contributed by atoms with van der Waals surface area (Å²) in [5, 5.41) is 14.2. The molecule has 160 valence electrons. The average molecular weight is 481 g/mol. The predicted octanol–water partition coefficient (Wildman–Crippen LogP) is 5.78. The Hall–Kier alpha value is -2.83. The fourth-order valence-electron chi connectivity index (χ4n) is 3.84. The molecule has 0 saturated carbocycles. The van der Waals surface area contributed by atoms with E-state index in [4.69, 9.17) is 14.5 Å². The van der Waals surface area contributed by atoms with Crippen molar-refractivity contribution in [1.29, 1.82) is 0 Å². The minimum atomic E-state index is -0.318. The zero-order valence-corrected chi connectivity index (χ0v) is 19.1. The minimum Gasteiger partial charge on any atom is -0.508 e. The fraction of sp³-hybridized carbons (Fsp3) is 0.240. The molecule has 31 heavy (non-hydrogen) atoms. The summed E-state index contributed by atoms with van der Waals surface area (Å²) in [5.74, 6) is 1.84. The normalized spacial score (nSPS) is 18.4. The molecular weight excluding hydrogens is 456 g/mol. The van der Waals surface area contributed by atoms with Crippen LogP contribution in [0.2, 0.25) is 0 Å². The number of rotatable bonds is 6. The second kappa shape index (κ2) is 9.54. The highest BCUT2D eigenvalue weighted by molar-refractivity contribution is 9.10. The number of hydrogen-bond acceptors (Lipinski definition) is 5. The SMILES string of the molecule is CCOc1ccccc1[C@@H]1N=C(c2cccc(OC)c2)C[C@@H](c2cc(Br)ccc2O)N1. The molecule has 0 radical (unpaired) electrons. The molecule has 0 bridgehead atoms. The molecule has 5 nitrogen and oxygen atoms in total. The van der Waals surface area contributed by atoms with Crippen molar-refractivity contribution in [3.05, 3.63) is 87.9 Å². The Kier molecular flexibility index (Phi) is 6.59. The number of hydrogen-bond donors (Lipinski definition) is 2. The number of para-hydroxylation sites is 1. The van der Waals surface area contributed by atoms with Crippen molar-refractivity contribution in [1.82, 2.24) is 5.32 Å². The van der Waals surface area contributed by atoms with Crippen molar-refractivity contribution < 1.29 is 14.6 Å². The van der Waals surface area contributed by atoms with Crippen LogP contribution in [0.4, 0.5) is 0 Å². The summed E-state index contributed by atoms with van der Waals surface area (Å²) in [7, 11) is 1.66. The van der Waals surface area contributed by atoms with Crippen LogP contribution in [0.3, 0.4) is 0 Å². The molecule has 2 N–H and O–H groups in total. The summed E-state index contributed by atoms with van der Waals surface area (Å²) >= 11 is 3.53. The summed E-state index contributed by atoms with van der Waals surface area (Å²) in [5.41, 5.74) is 3.73. The van der Waals surface area contributed by atoms with Crippen LogP contribution in [0.15, 0.2) is 76.2 Å². The van der Waals surface area contributed by atoms with Crippen LogP contribution in [0.1, 0.15) is 42.2 Å². The van der Waals surface area contributed by atoms with Gasteiger partial charge in [-0.05, 0) is 48.9 Å². The number of phenolic OH excluding ortho intramolecular Hbond substituents is 1. The van der Waals surface area contributed by atoms with Crippen LogP contribution < -0.4 is 14.8 Å². The van der Waals surface area contributed by atoms with Gasteiger partial charge in [0, 0.05) is 33.8 Å². The van der Waals surface area contributed by atoms with Gasteiger partial charge in [-0.3, -0.25) is 10.3 Å². The van der Waals surface area contributed by atoms with Gasteiger partial charge in [0.15, 0.2) is 0 Å². The molecule has 4 rings (SSSR count). The lowest BCUT2D eigenvalue weighted by Crippen LogP contribution is -2.33. The van der Waals surface area contributed by atoms with Gasteiger partial charge in [-0.15, -0.1) is 0 Å². The number of halogens is 1. The molecule has 0 saturated heterocycles. The number of methoxy groups -OCH3 is 1. The molecule has 0 aliphatic carbocycles. The second-order valence-electron chi connectivity index (χ2n) is 7.31. The lowest BCUT2D eigenvalue weighted by Gasteiger charge is -2.31. The van der Waals surface area contributed by atoms with Crippen molar-refractivity contribution in [3.8, 4) is 17.2 Å². The van der Waals surface area contributed by atoms with Crippen LogP contribution in [0, 0.1) is 0 Å².